The third-order valence-electron chi connectivity index (χ3n) is 1.35. The Kier molecular flexibility index (Phi) is 6.64. The highest BCUT2D eigenvalue weighted by Gasteiger charge is 2.08. The zero-order valence-electron chi connectivity index (χ0n) is 7.37. The molecule has 0 fully saturated rings. The van der Waals surface area contributed by atoms with Gasteiger partial charge in [0.15, 0.2) is 0 Å². The third kappa shape index (κ3) is 5.06. The first kappa shape index (κ1) is 11.4. The minimum absolute atomic E-state index is 0.0646. The van der Waals surface area contributed by atoms with Gasteiger partial charge in [0.1, 0.15) is 0 Å². The molecule has 5 heteroatoms. The van der Waals surface area contributed by atoms with Crippen LogP contribution in [0.4, 0.5) is 0 Å². The van der Waals surface area contributed by atoms with Gasteiger partial charge in [0.05, 0.1) is 32.9 Å². The fourth-order valence-electron chi connectivity index (χ4n) is 0.677. The Bertz CT molecular complexity index is 129. The zero-order valence-corrected chi connectivity index (χ0v) is 7.37. The summed E-state index contributed by atoms with van der Waals surface area (Å²) in [6.07, 6.45) is 0. The van der Waals surface area contributed by atoms with Crippen molar-refractivity contribution in [1.29, 1.82) is 0 Å². The van der Waals surface area contributed by atoms with Crippen LogP contribution < -0.4 is 5.32 Å². The highest BCUT2D eigenvalue weighted by molar-refractivity contribution is 5.71. The van der Waals surface area contributed by atoms with Gasteiger partial charge in [-0.05, 0) is 0 Å². The largest absolute Gasteiger partial charge is 0.468 e. The molecule has 0 aliphatic rings. The van der Waals surface area contributed by atoms with Crippen molar-refractivity contribution >= 4 is 5.97 Å². The maximum atomic E-state index is 10.6. The van der Waals surface area contributed by atoms with Crippen LogP contribution in [0.15, 0.2) is 0 Å². The van der Waals surface area contributed by atoms with E-state index in [-0.39, 0.29) is 25.2 Å². The summed E-state index contributed by atoms with van der Waals surface area (Å²) in [4.78, 5) is 10.6. The first-order valence-corrected chi connectivity index (χ1v) is 3.64. The van der Waals surface area contributed by atoms with Gasteiger partial charge in [-0.3, -0.25) is 10.1 Å². The Hall–Kier alpha value is -0.650. The van der Waals surface area contributed by atoms with Crippen LogP contribution in [0.5, 0.6) is 0 Å². The number of ether oxygens (including phenoxy) is 2. The Morgan fingerprint density at radius 2 is 2.25 bits per heavy atom. The van der Waals surface area contributed by atoms with E-state index in [1.165, 1.54) is 14.2 Å². The summed E-state index contributed by atoms with van der Waals surface area (Å²) < 4.78 is 9.19. The Morgan fingerprint density at radius 3 is 2.67 bits per heavy atom. The van der Waals surface area contributed by atoms with Crippen molar-refractivity contribution in [1.82, 2.24) is 5.32 Å². The van der Waals surface area contributed by atoms with Gasteiger partial charge < -0.3 is 14.6 Å². The molecule has 0 aliphatic carbocycles. The Labute approximate surface area is 71.7 Å². The molecule has 72 valence electrons. The number of carbonyl (C=O) groups excluding carboxylic acids is 1. The van der Waals surface area contributed by atoms with E-state index in [2.05, 4.69) is 10.1 Å². The van der Waals surface area contributed by atoms with E-state index in [1.54, 1.807) is 0 Å². The molecular weight excluding hydrogens is 162 g/mol. The fourth-order valence-corrected chi connectivity index (χ4v) is 0.677. The minimum Gasteiger partial charge on any atom is -0.468 e. The average molecular weight is 177 g/mol. The van der Waals surface area contributed by atoms with E-state index < -0.39 is 0 Å². The van der Waals surface area contributed by atoms with Gasteiger partial charge >= 0.3 is 5.97 Å². The first-order valence-electron chi connectivity index (χ1n) is 3.64. The van der Waals surface area contributed by atoms with Crippen LogP contribution in [0.1, 0.15) is 0 Å². The first-order chi connectivity index (χ1) is 5.74. The van der Waals surface area contributed by atoms with Gasteiger partial charge in [0.2, 0.25) is 0 Å². The van der Waals surface area contributed by atoms with Crippen LogP contribution in [0, 0.1) is 0 Å². The van der Waals surface area contributed by atoms with E-state index in [0.29, 0.717) is 6.61 Å². The van der Waals surface area contributed by atoms with Crippen molar-refractivity contribution in [3.63, 3.8) is 0 Å². The summed E-state index contributed by atoms with van der Waals surface area (Å²) in [5.41, 5.74) is 0. The predicted octanol–water partition coefficient (Wildman–Crippen LogP) is -1.24. The molecule has 1 atom stereocenters. The summed E-state index contributed by atoms with van der Waals surface area (Å²) >= 11 is 0. The van der Waals surface area contributed by atoms with E-state index >= 15 is 0 Å². The van der Waals surface area contributed by atoms with Crippen LogP contribution >= 0.6 is 0 Å². The number of aliphatic hydroxyl groups excluding tert-OH is 1. The average Bonchev–Trinajstić information content (AvgIpc) is 2.11. The number of carbonyl (C=O) groups is 1. The summed E-state index contributed by atoms with van der Waals surface area (Å²) in [6, 6.07) is -0.214. The van der Waals surface area contributed by atoms with Gasteiger partial charge in [0, 0.05) is 7.11 Å². The van der Waals surface area contributed by atoms with Crippen molar-refractivity contribution in [2.75, 3.05) is 34.0 Å². The quantitative estimate of drug-likeness (QED) is 0.496. The lowest BCUT2D eigenvalue weighted by molar-refractivity contribution is -0.139. The number of esters is 1. The maximum absolute atomic E-state index is 10.6. The molecule has 5 nitrogen and oxygen atoms in total. The van der Waals surface area contributed by atoms with Gasteiger partial charge in [0.25, 0.3) is 0 Å². The third-order valence-corrected chi connectivity index (χ3v) is 1.35. The molecule has 0 saturated heterocycles. The topological polar surface area (TPSA) is 67.8 Å². The Morgan fingerprint density at radius 1 is 1.58 bits per heavy atom. The molecule has 0 aromatic rings. The van der Waals surface area contributed by atoms with Crippen molar-refractivity contribution < 1.29 is 19.4 Å². The van der Waals surface area contributed by atoms with Crippen LogP contribution in [0.25, 0.3) is 0 Å². The minimum atomic E-state index is -0.357. The smallest absolute Gasteiger partial charge is 0.319 e. The molecule has 0 radical (unpaired) electrons. The van der Waals surface area contributed by atoms with Crippen molar-refractivity contribution in [2.24, 2.45) is 0 Å². The molecule has 0 aromatic carbocycles. The summed E-state index contributed by atoms with van der Waals surface area (Å²) in [6.45, 7) is 0.392. The van der Waals surface area contributed by atoms with E-state index in [1.807, 2.05) is 0 Å². The van der Waals surface area contributed by atoms with Crippen molar-refractivity contribution in [3.8, 4) is 0 Å². The van der Waals surface area contributed by atoms with E-state index in [0.717, 1.165) is 0 Å². The molecule has 0 aliphatic heterocycles. The number of nitrogens with one attached hydrogen (secondary N) is 1. The SMILES string of the molecule is COCC(CO)NCC(=O)OC. The van der Waals surface area contributed by atoms with Crippen molar-refractivity contribution in [3.05, 3.63) is 0 Å². The van der Waals surface area contributed by atoms with Gasteiger partial charge in [-0.1, -0.05) is 0 Å². The number of methoxy groups -OCH3 is 2. The highest BCUT2D eigenvalue weighted by atomic mass is 16.5. The summed E-state index contributed by atoms with van der Waals surface area (Å²) in [7, 11) is 2.84. The maximum Gasteiger partial charge on any atom is 0.319 e. The lowest BCUT2D eigenvalue weighted by Crippen LogP contribution is -2.39. The highest BCUT2D eigenvalue weighted by Crippen LogP contribution is 1.82. The number of aliphatic hydroxyl groups is 1. The number of rotatable bonds is 6. The van der Waals surface area contributed by atoms with E-state index in [4.69, 9.17) is 9.84 Å². The number of hydrogen-bond donors (Lipinski definition) is 2. The number of hydrogen-bond acceptors (Lipinski definition) is 5. The second-order valence-corrected chi connectivity index (χ2v) is 2.29. The van der Waals surface area contributed by atoms with E-state index in [9.17, 15) is 4.79 Å². The van der Waals surface area contributed by atoms with Crippen LogP contribution in [-0.2, 0) is 14.3 Å². The second-order valence-electron chi connectivity index (χ2n) is 2.29. The lowest BCUT2D eigenvalue weighted by atomic mass is 10.3. The van der Waals surface area contributed by atoms with Crippen LogP contribution in [-0.4, -0.2) is 51.1 Å². The lowest BCUT2D eigenvalue weighted by Gasteiger charge is -2.13. The molecule has 0 heterocycles. The molecule has 0 bridgehead atoms. The normalized spacial score (nSPS) is 12.6. The zero-order chi connectivity index (χ0) is 9.40. The molecule has 0 rings (SSSR count). The van der Waals surface area contributed by atoms with Crippen molar-refractivity contribution in [2.45, 2.75) is 6.04 Å². The summed E-state index contributed by atoms with van der Waals surface area (Å²) in [5.74, 6) is -0.357. The molecule has 0 aromatic heterocycles. The van der Waals surface area contributed by atoms with Gasteiger partial charge in [-0.2, -0.15) is 0 Å². The molecule has 0 spiro atoms. The molecule has 2 N–H and O–H groups in total. The fraction of sp³-hybridized carbons (Fsp3) is 0.857. The summed E-state index contributed by atoms with van der Waals surface area (Å²) in [5, 5.41) is 11.5. The molecule has 0 saturated carbocycles. The molecule has 0 amide bonds. The van der Waals surface area contributed by atoms with Crippen LogP contribution in [0.2, 0.25) is 0 Å². The second kappa shape index (κ2) is 7.02. The van der Waals surface area contributed by atoms with Crippen LogP contribution in [0.3, 0.4) is 0 Å². The Balaban J connectivity index is 3.50. The molecular formula is C7H15NO4. The van der Waals surface area contributed by atoms with Gasteiger partial charge in [-0.15, -0.1) is 0 Å². The molecule has 12 heavy (non-hydrogen) atoms. The molecule has 1 unspecified atom stereocenters. The monoisotopic (exact) mass is 177 g/mol. The standard InChI is InChI=1S/C7H15NO4/c1-11-5-6(4-9)8-3-7(10)12-2/h6,8-9H,3-5H2,1-2H3. The van der Waals surface area contributed by atoms with Gasteiger partial charge in [-0.25, -0.2) is 0 Å². The predicted molar refractivity (Wildman–Crippen MR) is 42.8 cm³/mol.